The molecular weight excluding hydrogens is 287 g/mol. The molecule has 0 radical (unpaired) electrons. The van der Waals surface area contributed by atoms with Crippen LogP contribution in [0.5, 0.6) is 0 Å². The summed E-state index contributed by atoms with van der Waals surface area (Å²) >= 11 is 2.37. The number of halogens is 1. The smallest absolute Gasteiger partial charge is 0.162 e. The van der Waals surface area contributed by atoms with Gasteiger partial charge in [0.1, 0.15) is 0 Å². The van der Waals surface area contributed by atoms with Crippen LogP contribution in [0.4, 0.5) is 0 Å². The minimum atomic E-state index is 0.277. The van der Waals surface area contributed by atoms with E-state index in [1.807, 2.05) is 30.3 Å². The Hall–Kier alpha value is -0.380. The Morgan fingerprint density at radius 1 is 1.07 bits per heavy atom. The fourth-order valence-corrected chi connectivity index (χ4v) is 1.86. The molecule has 0 N–H and O–H groups in total. The van der Waals surface area contributed by atoms with E-state index in [0.717, 1.165) is 12.0 Å². The van der Waals surface area contributed by atoms with E-state index in [-0.39, 0.29) is 5.78 Å². The van der Waals surface area contributed by atoms with Gasteiger partial charge in [-0.1, -0.05) is 59.3 Å². The molecule has 2 heteroatoms. The molecule has 0 unspecified atom stereocenters. The predicted octanol–water partition coefficient (Wildman–Crippen LogP) is 3.86. The number of carbonyl (C=O) groups is 1. The van der Waals surface area contributed by atoms with Crippen molar-refractivity contribution < 1.29 is 4.79 Å². The van der Waals surface area contributed by atoms with Crippen molar-refractivity contribution in [2.24, 2.45) is 0 Å². The fourth-order valence-electron chi connectivity index (χ4n) is 1.33. The minimum Gasteiger partial charge on any atom is -0.294 e. The molecule has 0 aliphatic heterocycles. The van der Waals surface area contributed by atoms with Crippen LogP contribution in [0.3, 0.4) is 0 Å². The monoisotopic (exact) mass is 302 g/mol. The molecule has 0 saturated heterocycles. The van der Waals surface area contributed by atoms with Crippen molar-refractivity contribution in [3.05, 3.63) is 35.9 Å². The van der Waals surface area contributed by atoms with E-state index in [0.29, 0.717) is 6.42 Å². The standard InChI is InChI=1S/C12H15IO/c13-10-6-2-5-9-12(14)11-7-3-1-4-8-11/h1,3-4,7-8H,2,5-6,9-10H2. The first-order chi connectivity index (χ1) is 6.84. The Bertz CT molecular complexity index is 269. The highest BCUT2D eigenvalue weighted by Gasteiger charge is 2.03. The maximum absolute atomic E-state index is 11.6. The highest BCUT2D eigenvalue weighted by atomic mass is 127. The number of rotatable bonds is 6. The zero-order chi connectivity index (χ0) is 10.2. The second-order valence-electron chi connectivity index (χ2n) is 3.29. The molecule has 0 amide bonds. The number of carbonyl (C=O) groups excluding carboxylic acids is 1. The molecule has 0 atom stereocenters. The summed E-state index contributed by atoms with van der Waals surface area (Å²) in [7, 11) is 0. The summed E-state index contributed by atoms with van der Waals surface area (Å²) < 4.78 is 1.19. The Morgan fingerprint density at radius 2 is 1.79 bits per heavy atom. The molecule has 0 spiro atoms. The van der Waals surface area contributed by atoms with Crippen molar-refractivity contribution in [1.29, 1.82) is 0 Å². The quantitative estimate of drug-likeness (QED) is 0.337. The van der Waals surface area contributed by atoms with Crippen LogP contribution in [0, 0.1) is 0 Å². The van der Waals surface area contributed by atoms with Gasteiger partial charge >= 0.3 is 0 Å². The molecule has 1 rings (SSSR count). The van der Waals surface area contributed by atoms with E-state index >= 15 is 0 Å². The highest BCUT2D eigenvalue weighted by Crippen LogP contribution is 2.08. The number of unbranched alkanes of at least 4 members (excludes halogenated alkanes) is 2. The number of Topliss-reactive ketones (excluding diaryl/α,β-unsaturated/α-hetero) is 1. The summed E-state index contributed by atoms with van der Waals surface area (Å²) in [6.45, 7) is 0. The van der Waals surface area contributed by atoms with Gasteiger partial charge in [-0.25, -0.2) is 0 Å². The molecule has 0 heterocycles. The summed E-state index contributed by atoms with van der Waals surface area (Å²) in [5.74, 6) is 0.277. The van der Waals surface area contributed by atoms with Crippen molar-refractivity contribution in [2.45, 2.75) is 25.7 Å². The van der Waals surface area contributed by atoms with Gasteiger partial charge < -0.3 is 0 Å². The molecule has 0 aromatic heterocycles. The summed E-state index contributed by atoms with van der Waals surface area (Å²) in [6.07, 6.45) is 4.11. The summed E-state index contributed by atoms with van der Waals surface area (Å²) in [5, 5.41) is 0. The van der Waals surface area contributed by atoms with Gasteiger partial charge in [0.15, 0.2) is 5.78 Å². The van der Waals surface area contributed by atoms with E-state index in [1.54, 1.807) is 0 Å². The predicted molar refractivity (Wildman–Crippen MR) is 68.1 cm³/mol. The van der Waals surface area contributed by atoms with Crippen LogP contribution < -0.4 is 0 Å². The van der Waals surface area contributed by atoms with Crippen LogP contribution in [-0.4, -0.2) is 10.2 Å². The SMILES string of the molecule is O=C(CCCCCI)c1ccccc1. The van der Waals surface area contributed by atoms with Crippen LogP contribution in [0.2, 0.25) is 0 Å². The maximum atomic E-state index is 11.6. The second-order valence-corrected chi connectivity index (χ2v) is 4.37. The van der Waals surface area contributed by atoms with Gasteiger partial charge in [0.2, 0.25) is 0 Å². The molecule has 76 valence electrons. The summed E-state index contributed by atoms with van der Waals surface area (Å²) in [6, 6.07) is 9.55. The third-order valence-electron chi connectivity index (χ3n) is 2.13. The first kappa shape index (κ1) is 11.7. The first-order valence-corrected chi connectivity index (χ1v) is 6.51. The van der Waals surface area contributed by atoms with Crippen LogP contribution in [0.25, 0.3) is 0 Å². The van der Waals surface area contributed by atoms with Gasteiger partial charge in [0.05, 0.1) is 0 Å². The van der Waals surface area contributed by atoms with Crippen molar-refractivity contribution in [3.63, 3.8) is 0 Å². The molecule has 0 saturated carbocycles. The molecule has 0 fully saturated rings. The van der Waals surface area contributed by atoms with Crippen molar-refractivity contribution >= 4 is 28.4 Å². The van der Waals surface area contributed by atoms with Crippen molar-refractivity contribution in [3.8, 4) is 0 Å². The molecule has 1 nitrogen and oxygen atoms in total. The molecular formula is C12H15IO. The first-order valence-electron chi connectivity index (χ1n) is 4.99. The molecule has 1 aromatic carbocycles. The van der Waals surface area contributed by atoms with Crippen LogP contribution >= 0.6 is 22.6 Å². The topological polar surface area (TPSA) is 17.1 Å². The third kappa shape index (κ3) is 4.22. The molecule has 0 aliphatic carbocycles. The highest BCUT2D eigenvalue weighted by molar-refractivity contribution is 14.1. The number of alkyl halides is 1. The van der Waals surface area contributed by atoms with Gasteiger partial charge in [0, 0.05) is 12.0 Å². The Labute approximate surface area is 99.0 Å². The number of hydrogen-bond donors (Lipinski definition) is 0. The van der Waals surface area contributed by atoms with Crippen LogP contribution in [0.1, 0.15) is 36.0 Å². The lowest BCUT2D eigenvalue weighted by Crippen LogP contribution is -1.98. The van der Waals surface area contributed by atoms with Crippen LogP contribution in [0.15, 0.2) is 30.3 Å². The average Bonchev–Trinajstić information content (AvgIpc) is 2.25. The number of benzene rings is 1. The third-order valence-corrected chi connectivity index (χ3v) is 2.90. The summed E-state index contributed by atoms with van der Waals surface area (Å²) in [4.78, 5) is 11.6. The van der Waals surface area contributed by atoms with E-state index in [9.17, 15) is 4.79 Å². The largest absolute Gasteiger partial charge is 0.294 e. The Morgan fingerprint density at radius 3 is 2.43 bits per heavy atom. The van der Waals surface area contributed by atoms with Crippen LogP contribution in [-0.2, 0) is 0 Å². The molecule has 0 aliphatic rings. The lowest BCUT2D eigenvalue weighted by atomic mass is 10.1. The number of ketones is 1. The van der Waals surface area contributed by atoms with Gasteiger partial charge in [-0.2, -0.15) is 0 Å². The maximum Gasteiger partial charge on any atom is 0.162 e. The Balaban J connectivity index is 2.29. The molecule has 1 aromatic rings. The molecule has 14 heavy (non-hydrogen) atoms. The van der Waals surface area contributed by atoms with Crippen molar-refractivity contribution in [2.75, 3.05) is 4.43 Å². The van der Waals surface area contributed by atoms with Crippen molar-refractivity contribution in [1.82, 2.24) is 0 Å². The lowest BCUT2D eigenvalue weighted by Gasteiger charge is -1.99. The van der Waals surface area contributed by atoms with E-state index < -0.39 is 0 Å². The van der Waals surface area contributed by atoms with Gasteiger partial charge in [-0.15, -0.1) is 0 Å². The van der Waals surface area contributed by atoms with E-state index in [2.05, 4.69) is 22.6 Å². The van der Waals surface area contributed by atoms with Gasteiger partial charge in [-0.05, 0) is 17.3 Å². The van der Waals surface area contributed by atoms with E-state index in [1.165, 1.54) is 17.3 Å². The zero-order valence-electron chi connectivity index (χ0n) is 8.21. The fraction of sp³-hybridized carbons (Fsp3) is 0.417. The minimum absolute atomic E-state index is 0.277. The van der Waals surface area contributed by atoms with Gasteiger partial charge in [0.25, 0.3) is 0 Å². The lowest BCUT2D eigenvalue weighted by molar-refractivity contribution is 0.0979. The Kier molecular flexibility index (Phi) is 5.83. The number of hydrogen-bond acceptors (Lipinski definition) is 1. The van der Waals surface area contributed by atoms with Gasteiger partial charge in [-0.3, -0.25) is 4.79 Å². The summed E-state index contributed by atoms with van der Waals surface area (Å²) in [5.41, 5.74) is 0.849. The normalized spacial score (nSPS) is 10.1. The second kappa shape index (κ2) is 6.98. The molecule has 0 bridgehead atoms. The zero-order valence-corrected chi connectivity index (χ0v) is 10.4. The average molecular weight is 302 g/mol. The van der Waals surface area contributed by atoms with E-state index in [4.69, 9.17) is 0 Å².